The van der Waals surface area contributed by atoms with E-state index in [4.69, 9.17) is 0 Å². The van der Waals surface area contributed by atoms with Crippen LogP contribution < -0.4 is 0 Å². The summed E-state index contributed by atoms with van der Waals surface area (Å²) < 4.78 is 0. The SMILES string of the molecule is OC(c1ccncn1)c1ccccc1C1CCC1. The lowest BCUT2D eigenvalue weighted by Gasteiger charge is -2.29. The number of hydrogen-bond acceptors (Lipinski definition) is 3. The molecule has 0 saturated heterocycles. The highest BCUT2D eigenvalue weighted by Crippen LogP contribution is 2.40. The summed E-state index contributed by atoms with van der Waals surface area (Å²) in [4.78, 5) is 8.02. The summed E-state index contributed by atoms with van der Waals surface area (Å²) in [6, 6.07) is 9.91. The van der Waals surface area contributed by atoms with E-state index in [1.807, 2.05) is 18.2 Å². The zero-order valence-electron chi connectivity index (χ0n) is 10.2. The monoisotopic (exact) mass is 240 g/mol. The Kier molecular flexibility index (Phi) is 3.07. The Bertz CT molecular complexity index is 523. The minimum atomic E-state index is -0.648. The molecule has 3 heteroatoms. The third-order valence-corrected chi connectivity index (χ3v) is 3.72. The standard InChI is InChI=1S/C15H16N2O/c18-15(14-8-9-16-10-17-14)13-7-2-1-6-12(13)11-4-3-5-11/h1-2,6-11,15,18H,3-5H2. The number of aromatic nitrogens is 2. The number of nitrogens with zero attached hydrogens (tertiary/aromatic N) is 2. The smallest absolute Gasteiger partial charge is 0.121 e. The Balaban J connectivity index is 1.96. The van der Waals surface area contributed by atoms with Crippen LogP contribution in [-0.2, 0) is 0 Å². The Labute approximate surface area is 107 Å². The van der Waals surface area contributed by atoms with Crippen molar-refractivity contribution in [2.75, 3.05) is 0 Å². The number of aliphatic hydroxyl groups excluding tert-OH is 1. The van der Waals surface area contributed by atoms with Crippen LogP contribution in [0.25, 0.3) is 0 Å². The van der Waals surface area contributed by atoms with Gasteiger partial charge in [-0.2, -0.15) is 0 Å². The highest BCUT2D eigenvalue weighted by atomic mass is 16.3. The molecule has 1 heterocycles. The van der Waals surface area contributed by atoms with Crippen LogP contribution in [0.2, 0.25) is 0 Å². The largest absolute Gasteiger partial charge is 0.382 e. The van der Waals surface area contributed by atoms with E-state index in [1.54, 1.807) is 12.3 Å². The van der Waals surface area contributed by atoms with E-state index in [2.05, 4.69) is 16.0 Å². The molecule has 1 unspecified atom stereocenters. The van der Waals surface area contributed by atoms with Gasteiger partial charge in [0, 0.05) is 6.20 Å². The van der Waals surface area contributed by atoms with Crippen LogP contribution in [0.4, 0.5) is 0 Å². The lowest BCUT2D eigenvalue weighted by Crippen LogP contribution is -2.14. The van der Waals surface area contributed by atoms with Crippen molar-refractivity contribution < 1.29 is 5.11 Å². The molecule has 1 N–H and O–H groups in total. The van der Waals surface area contributed by atoms with Crippen molar-refractivity contribution in [1.82, 2.24) is 9.97 Å². The van der Waals surface area contributed by atoms with E-state index in [-0.39, 0.29) is 0 Å². The van der Waals surface area contributed by atoms with Crippen molar-refractivity contribution in [2.45, 2.75) is 31.3 Å². The van der Waals surface area contributed by atoms with Crippen LogP contribution in [0.15, 0.2) is 42.9 Å². The summed E-state index contributed by atoms with van der Waals surface area (Å²) in [7, 11) is 0. The highest BCUT2D eigenvalue weighted by Gasteiger charge is 2.25. The van der Waals surface area contributed by atoms with Gasteiger partial charge in [-0.15, -0.1) is 0 Å². The Morgan fingerprint density at radius 3 is 2.67 bits per heavy atom. The third-order valence-electron chi connectivity index (χ3n) is 3.72. The summed E-state index contributed by atoms with van der Waals surface area (Å²) >= 11 is 0. The maximum atomic E-state index is 10.5. The number of rotatable bonds is 3. The molecule has 2 aromatic rings. The minimum absolute atomic E-state index is 0.609. The van der Waals surface area contributed by atoms with Gasteiger partial charge in [0.05, 0.1) is 5.69 Å². The molecule has 0 aliphatic heterocycles. The van der Waals surface area contributed by atoms with Crippen LogP contribution in [-0.4, -0.2) is 15.1 Å². The van der Waals surface area contributed by atoms with Crippen LogP contribution >= 0.6 is 0 Å². The molecule has 0 bridgehead atoms. The summed E-state index contributed by atoms with van der Waals surface area (Å²) in [5.74, 6) is 0.609. The predicted molar refractivity (Wildman–Crippen MR) is 69.1 cm³/mol. The molecular weight excluding hydrogens is 224 g/mol. The predicted octanol–water partition coefficient (Wildman–Crippen LogP) is 2.83. The first-order valence-electron chi connectivity index (χ1n) is 6.39. The number of benzene rings is 1. The van der Waals surface area contributed by atoms with E-state index in [1.165, 1.54) is 31.2 Å². The van der Waals surface area contributed by atoms with E-state index in [0.717, 1.165) is 5.56 Å². The molecule has 1 atom stereocenters. The quantitative estimate of drug-likeness (QED) is 0.897. The molecular formula is C15H16N2O. The average Bonchev–Trinajstić information content (AvgIpc) is 2.38. The molecule has 18 heavy (non-hydrogen) atoms. The van der Waals surface area contributed by atoms with Gasteiger partial charge in [-0.3, -0.25) is 0 Å². The summed E-state index contributed by atoms with van der Waals surface area (Å²) in [6.45, 7) is 0. The van der Waals surface area contributed by atoms with E-state index in [0.29, 0.717) is 11.6 Å². The fourth-order valence-electron chi connectivity index (χ4n) is 2.47. The van der Waals surface area contributed by atoms with E-state index in [9.17, 15) is 5.11 Å². The van der Waals surface area contributed by atoms with Gasteiger partial charge >= 0.3 is 0 Å². The molecule has 1 fully saturated rings. The third kappa shape index (κ3) is 2.02. The van der Waals surface area contributed by atoms with Crippen molar-refractivity contribution >= 4 is 0 Å². The molecule has 3 rings (SSSR count). The number of aliphatic hydroxyl groups is 1. The average molecular weight is 240 g/mol. The molecule has 0 spiro atoms. The van der Waals surface area contributed by atoms with Gasteiger partial charge in [-0.1, -0.05) is 30.7 Å². The van der Waals surface area contributed by atoms with Crippen molar-refractivity contribution in [3.05, 3.63) is 59.7 Å². The zero-order chi connectivity index (χ0) is 12.4. The van der Waals surface area contributed by atoms with Gasteiger partial charge in [0.1, 0.15) is 12.4 Å². The summed E-state index contributed by atoms with van der Waals surface area (Å²) in [5, 5.41) is 10.5. The first-order chi connectivity index (χ1) is 8.86. The van der Waals surface area contributed by atoms with Crippen molar-refractivity contribution in [2.24, 2.45) is 0 Å². The second kappa shape index (κ2) is 4.86. The summed E-state index contributed by atoms with van der Waals surface area (Å²) in [5.41, 5.74) is 2.92. The Morgan fingerprint density at radius 1 is 1.17 bits per heavy atom. The van der Waals surface area contributed by atoms with Crippen LogP contribution in [0.3, 0.4) is 0 Å². The molecule has 1 aliphatic rings. The van der Waals surface area contributed by atoms with Gasteiger partial charge < -0.3 is 5.11 Å². The maximum Gasteiger partial charge on any atom is 0.121 e. The molecule has 1 saturated carbocycles. The summed E-state index contributed by atoms with van der Waals surface area (Å²) in [6.07, 6.45) is 6.25. The van der Waals surface area contributed by atoms with Gasteiger partial charge in [0.25, 0.3) is 0 Å². The maximum absolute atomic E-state index is 10.5. The van der Waals surface area contributed by atoms with Crippen LogP contribution in [0.1, 0.15) is 48.1 Å². The molecule has 1 aromatic heterocycles. The van der Waals surface area contributed by atoms with Gasteiger partial charge in [-0.25, -0.2) is 9.97 Å². The minimum Gasteiger partial charge on any atom is -0.382 e. The first kappa shape index (κ1) is 11.4. The first-order valence-corrected chi connectivity index (χ1v) is 6.39. The lowest BCUT2D eigenvalue weighted by molar-refractivity contribution is 0.212. The Hall–Kier alpha value is -1.74. The van der Waals surface area contributed by atoms with Crippen LogP contribution in [0, 0.1) is 0 Å². The fraction of sp³-hybridized carbons (Fsp3) is 0.333. The van der Waals surface area contributed by atoms with Crippen molar-refractivity contribution in [3.8, 4) is 0 Å². The van der Waals surface area contributed by atoms with Gasteiger partial charge in [0.15, 0.2) is 0 Å². The molecule has 0 radical (unpaired) electrons. The second-order valence-electron chi connectivity index (χ2n) is 4.79. The zero-order valence-corrected chi connectivity index (χ0v) is 10.2. The number of hydrogen-bond donors (Lipinski definition) is 1. The van der Waals surface area contributed by atoms with Gasteiger partial charge in [0.2, 0.25) is 0 Å². The molecule has 3 nitrogen and oxygen atoms in total. The molecule has 92 valence electrons. The molecule has 1 aromatic carbocycles. The van der Waals surface area contributed by atoms with E-state index < -0.39 is 6.10 Å². The topological polar surface area (TPSA) is 46.0 Å². The van der Waals surface area contributed by atoms with Gasteiger partial charge in [-0.05, 0) is 36.0 Å². The van der Waals surface area contributed by atoms with Crippen molar-refractivity contribution in [3.63, 3.8) is 0 Å². The van der Waals surface area contributed by atoms with E-state index >= 15 is 0 Å². The van der Waals surface area contributed by atoms with Crippen molar-refractivity contribution in [1.29, 1.82) is 0 Å². The second-order valence-corrected chi connectivity index (χ2v) is 4.79. The fourth-order valence-corrected chi connectivity index (χ4v) is 2.47. The van der Waals surface area contributed by atoms with Crippen LogP contribution in [0.5, 0.6) is 0 Å². The molecule has 0 amide bonds. The molecule has 1 aliphatic carbocycles. The normalized spacial score (nSPS) is 17.2. The Morgan fingerprint density at radius 2 is 2.00 bits per heavy atom. The highest BCUT2D eigenvalue weighted by molar-refractivity contribution is 5.36. The lowest BCUT2D eigenvalue weighted by atomic mass is 9.77.